The van der Waals surface area contributed by atoms with E-state index in [9.17, 15) is 0 Å². The zero-order valence-electron chi connectivity index (χ0n) is 38.9. The molecule has 0 atom stereocenters. The number of rotatable bonds is 2. The van der Waals surface area contributed by atoms with Gasteiger partial charge in [-0.2, -0.15) is 30.0 Å². The first kappa shape index (κ1) is 51.6. The van der Waals surface area contributed by atoms with Gasteiger partial charge in [-0.25, -0.2) is 12.1 Å². The predicted octanol–water partition coefficient (Wildman–Crippen LogP) is 17.9. The van der Waals surface area contributed by atoms with Gasteiger partial charge in [0.1, 0.15) is 0 Å². The van der Waals surface area contributed by atoms with Crippen molar-refractivity contribution in [2.24, 2.45) is 11.8 Å². The number of benzene rings is 4. The van der Waals surface area contributed by atoms with Gasteiger partial charge in [-0.1, -0.05) is 171 Å². The summed E-state index contributed by atoms with van der Waals surface area (Å²) in [6.45, 7) is 43.2. The maximum absolute atomic E-state index is 5.13. The first-order chi connectivity index (χ1) is 26.5. The van der Waals surface area contributed by atoms with E-state index in [2.05, 4.69) is 208 Å². The van der Waals surface area contributed by atoms with Crippen LogP contribution in [0.15, 0.2) is 109 Å². The Morgan fingerprint density at radius 2 is 0.793 bits per heavy atom. The van der Waals surface area contributed by atoms with Crippen LogP contribution < -0.4 is 0 Å². The molecule has 0 nitrogen and oxygen atoms in total. The Hall–Kier alpha value is -2.57. The molecule has 6 aromatic rings. The molecule has 0 aliphatic carbocycles. The van der Waals surface area contributed by atoms with E-state index >= 15 is 0 Å². The van der Waals surface area contributed by atoms with Crippen molar-refractivity contribution in [1.29, 1.82) is 0 Å². The second-order valence-corrected chi connectivity index (χ2v) is 28.6. The molecule has 0 N–H and O–H groups in total. The Labute approximate surface area is 370 Å². The molecular weight excluding hydrogens is 823 g/mol. The van der Waals surface area contributed by atoms with E-state index in [1.165, 1.54) is 66.1 Å². The van der Waals surface area contributed by atoms with Crippen molar-refractivity contribution in [3.63, 3.8) is 0 Å². The fourth-order valence-corrected chi connectivity index (χ4v) is 6.44. The van der Waals surface area contributed by atoms with Crippen molar-refractivity contribution in [2.45, 2.75) is 132 Å². The molecule has 58 heavy (non-hydrogen) atoms. The van der Waals surface area contributed by atoms with Crippen LogP contribution in [-0.4, -0.2) is 4.21 Å². The SMILES string of the molecule is CC(C)(C)c1ccc(-c2cc3[cH-]c4cc(-c5ccc(C(C)(C)C)cc5)c(C(C)(C)C)cc4c3cc2C(C)(C)C)cc1.[CH2-]C(C)C.[CH2-]C(C)C.[CH2]=[Zr]([Cl])[Cl].c1cc[cH-]c1. The molecule has 0 unspecified atom stereocenters. The monoisotopic (exact) mass is 894 g/mol. The Kier molecular flexibility index (Phi) is 19.4. The Morgan fingerprint density at radius 3 is 1.00 bits per heavy atom. The normalized spacial score (nSPS) is 11.8. The minimum Gasteiger partial charge on any atom is -0.214 e. The van der Waals surface area contributed by atoms with E-state index in [0.29, 0.717) is 11.8 Å². The topological polar surface area (TPSA) is 0 Å². The van der Waals surface area contributed by atoms with E-state index in [4.69, 9.17) is 17.0 Å². The number of halogens is 2. The van der Waals surface area contributed by atoms with Gasteiger partial charge in [-0.3, -0.25) is 0 Å². The summed E-state index contributed by atoms with van der Waals surface area (Å²) in [6, 6.07) is 40.7. The van der Waals surface area contributed by atoms with Crippen molar-refractivity contribution in [2.75, 3.05) is 0 Å². The molecular formula is C55H74Cl2Zr-4. The van der Waals surface area contributed by atoms with Crippen molar-refractivity contribution in [3.8, 4) is 22.3 Å². The summed E-state index contributed by atoms with van der Waals surface area (Å²) in [5, 5.41) is 5.37. The van der Waals surface area contributed by atoms with Gasteiger partial charge in [0.2, 0.25) is 0 Å². The molecule has 316 valence electrons. The smallest absolute Gasteiger partial charge is 0.172 e. The molecule has 0 bridgehead atoms. The molecule has 0 fully saturated rings. The van der Waals surface area contributed by atoms with Crippen LogP contribution >= 0.6 is 17.0 Å². The first-order valence-electron chi connectivity index (χ1n) is 20.8. The minimum absolute atomic E-state index is 0.0252. The Morgan fingerprint density at radius 1 is 0.517 bits per heavy atom. The average molecular weight is 897 g/mol. The summed E-state index contributed by atoms with van der Waals surface area (Å²) in [6.07, 6.45) is 0. The van der Waals surface area contributed by atoms with Gasteiger partial charge in [0, 0.05) is 0 Å². The summed E-state index contributed by atoms with van der Waals surface area (Å²) >= 11 is -1.85. The summed E-state index contributed by atoms with van der Waals surface area (Å²) in [5.74, 6) is 1.17. The van der Waals surface area contributed by atoms with Gasteiger partial charge in [-0.15, -0.1) is 39.7 Å². The summed E-state index contributed by atoms with van der Waals surface area (Å²) in [7, 11) is 10.3. The quantitative estimate of drug-likeness (QED) is 0.152. The van der Waals surface area contributed by atoms with E-state index < -0.39 is 18.9 Å². The minimum atomic E-state index is -1.85. The summed E-state index contributed by atoms with van der Waals surface area (Å²) in [5.41, 5.74) is 11.2. The summed E-state index contributed by atoms with van der Waals surface area (Å²) < 4.78 is 3.37. The number of fused-ring (bicyclic) bond motifs is 3. The molecule has 0 aromatic heterocycles. The van der Waals surface area contributed by atoms with Gasteiger partial charge < -0.3 is 13.8 Å². The molecule has 0 saturated heterocycles. The van der Waals surface area contributed by atoms with E-state index in [1.807, 2.05) is 30.3 Å². The van der Waals surface area contributed by atoms with Gasteiger partial charge in [-0.05, 0) is 66.2 Å². The number of hydrogen-bond donors (Lipinski definition) is 0. The maximum atomic E-state index is 5.13. The Balaban J connectivity index is 0.000000572. The molecule has 0 saturated carbocycles. The zero-order chi connectivity index (χ0) is 44.4. The fraction of sp³-hybridized carbons (Fsp3) is 0.400. The van der Waals surface area contributed by atoms with Gasteiger partial charge in [0.25, 0.3) is 0 Å². The largest absolute Gasteiger partial charge is 0.214 e. The van der Waals surface area contributed by atoms with Gasteiger partial charge >= 0.3 is 40.1 Å². The van der Waals surface area contributed by atoms with Crippen LogP contribution in [0.25, 0.3) is 43.8 Å². The van der Waals surface area contributed by atoms with Crippen LogP contribution in [0.3, 0.4) is 0 Å². The first-order valence-corrected chi connectivity index (χ1v) is 28.9. The van der Waals surface area contributed by atoms with Crippen LogP contribution in [0.5, 0.6) is 0 Å². The molecule has 6 aromatic carbocycles. The third kappa shape index (κ3) is 16.5. The molecule has 0 spiro atoms. The van der Waals surface area contributed by atoms with Crippen LogP contribution in [0.2, 0.25) is 0 Å². The van der Waals surface area contributed by atoms with E-state index in [1.54, 1.807) is 0 Å². The van der Waals surface area contributed by atoms with Crippen molar-refractivity contribution < 1.29 is 18.9 Å². The summed E-state index contributed by atoms with van der Waals surface area (Å²) in [4.78, 5) is 0. The molecule has 6 rings (SSSR count). The average Bonchev–Trinajstić information content (AvgIpc) is 3.77. The third-order valence-electron chi connectivity index (χ3n) is 9.28. The van der Waals surface area contributed by atoms with Gasteiger partial charge in [0.15, 0.2) is 0 Å². The fourth-order valence-electron chi connectivity index (χ4n) is 6.44. The molecule has 0 radical (unpaired) electrons. The second-order valence-electron chi connectivity index (χ2n) is 20.4. The predicted molar refractivity (Wildman–Crippen MR) is 264 cm³/mol. The Bertz CT molecular complexity index is 1970. The maximum Gasteiger partial charge on any atom is -0.172 e. The molecule has 0 aliphatic rings. The van der Waals surface area contributed by atoms with Crippen LogP contribution in [-0.2, 0) is 40.5 Å². The van der Waals surface area contributed by atoms with Gasteiger partial charge in [0.05, 0.1) is 0 Å². The van der Waals surface area contributed by atoms with E-state index in [-0.39, 0.29) is 21.7 Å². The van der Waals surface area contributed by atoms with Crippen molar-refractivity contribution in [3.05, 3.63) is 145 Å². The third-order valence-corrected chi connectivity index (χ3v) is 9.28. The van der Waals surface area contributed by atoms with Crippen LogP contribution in [0.4, 0.5) is 0 Å². The van der Waals surface area contributed by atoms with Crippen molar-refractivity contribution >= 4 is 42.8 Å². The number of hydrogen-bond acceptors (Lipinski definition) is 0. The molecule has 0 aliphatic heterocycles. The van der Waals surface area contributed by atoms with Crippen LogP contribution in [0, 0.1) is 25.7 Å². The zero-order valence-corrected chi connectivity index (χ0v) is 42.9. The molecule has 0 heterocycles. The van der Waals surface area contributed by atoms with E-state index in [0.717, 1.165) is 0 Å². The molecule has 3 heteroatoms. The standard InChI is InChI=1S/C41H49.C5H5.2C4H9.CH2.2ClH.Zr/c1-38(2,3)30-17-13-26(14-18-30)34-22-28-21-29-23-35(27-15-19-31(20-16-27)39(4,5)6)37(41(10,11)12)25-33(29)32(28)24-36(34)40(7,8)9;1-2-4-5-3-1;2*1-4(2)3;;;;/h13-25H,1-12H3;1-5H;2*4H,1H2,2-3H3;1H2;2*1H;/q4*-1;;;;+2/p-2. The van der Waals surface area contributed by atoms with Crippen molar-refractivity contribution in [1.82, 2.24) is 0 Å². The molecule has 0 amide bonds. The van der Waals surface area contributed by atoms with Crippen LogP contribution in [0.1, 0.15) is 133 Å². The second kappa shape index (κ2) is 21.8.